The molecule has 0 heterocycles. The van der Waals surface area contributed by atoms with Gasteiger partial charge in [0, 0.05) is 13.2 Å². The fraction of sp³-hybridized carbons (Fsp3) is 0.667. The van der Waals surface area contributed by atoms with Crippen LogP contribution in [0.25, 0.3) is 0 Å². The molecule has 146 valence electrons. The van der Waals surface area contributed by atoms with Gasteiger partial charge in [-0.3, -0.25) is 9.59 Å². The Labute approximate surface area is 171 Å². The van der Waals surface area contributed by atoms with Crippen LogP contribution < -0.4 is 10.2 Å². The van der Waals surface area contributed by atoms with Crippen molar-refractivity contribution in [2.24, 2.45) is 11.8 Å². The smallest absolute Gasteiger partial charge is 0.876 e. The standard InChI is InChI=1S/2C5H8O2.2C4H10O.Zr/c2*1-4(6)3-5(2)7;2*1-4(2)3-5;/h2*3,6H,1-2H3;2*4-5H,3H2,1-2H3;/q;;;;+2/p-2/b2*4-3-;;;. The summed E-state index contributed by atoms with van der Waals surface area (Å²) >= 11 is 0. The Morgan fingerprint density at radius 3 is 0.920 bits per heavy atom. The van der Waals surface area contributed by atoms with E-state index in [4.69, 9.17) is 10.2 Å². The van der Waals surface area contributed by atoms with E-state index >= 15 is 0 Å². The molecule has 0 bridgehead atoms. The first-order chi connectivity index (χ1) is 10.8. The van der Waals surface area contributed by atoms with Gasteiger partial charge in [-0.2, -0.15) is 0 Å². The van der Waals surface area contributed by atoms with Gasteiger partial charge in [0.05, 0.1) is 0 Å². The van der Waals surface area contributed by atoms with Crippen LogP contribution in [0.5, 0.6) is 0 Å². The monoisotopic (exact) mass is 436 g/mol. The van der Waals surface area contributed by atoms with E-state index in [1.165, 1.54) is 27.7 Å². The molecule has 6 nitrogen and oxygen atoms in total. The summed E-state index contributed by atoms with van der Waals surface area (Å²) in [5.41, 5.74) is 0. The van der Waals surface area contributed by atoms with Crippen LogP contribution in [0.4, 0.5) is 0 Å². The first-order valence-corrected chi connectivity index (χ1v) is 7.73. The van der Waals surface area contributed by atoms with Crippen LogP contribution in [0.1, 0.15) is 55.4 Å². The minimum atomic E-state index is -0.187. The summed E-state index contributed by atoms with van der Waals surface area (Å²) < 4.78 is 0. The number of ketones is 2. The molecule has 0 rings (SSSR count). The summed E-state index contributed by atoms with van der Waals surface area (Å²) in [5.74, 6) is 0.130. The minimum absolute atomic E-state index is 0. The molecular formula is C18H34O6Zr. The Balaban J connectivity index is -0.0000000711. The molecule has 0 radical (unpaired) electrons. The van der Waals surface area contributed by atoms with E-state index in [1.54, 1.807) is 0 Å². The first-order valence-electron chi connectivity index (χ1n) is 7.73. The average Bonchev–Trinajstić information content (AvgIpc) is 2.37. The number of aliphatic hydroxyl groups excluding tert-OH is 2. The van der Waals surface area contributed by atoms with Gasteiger partial charge in [0.15, 0.2) is 11.6 Å². The molecular weight excluding hydrogens is 403 g/mol. The maximum absolute atomic E-state index is 9.98. The van der Waals surface area contributed by atoms with E-state index in [9.17, 15) is 19.8 Å². The Morgan fingerprint density at radius 1 is 0.760 bits per heavy atom. The van der Waals surface area contributed by atoms with Gasteiger partial charge in [-0.25, -0.2) is 0 Å². The number of hydrogen-bond acceptors (Lipinski definition) is 6. The molecule has 7 heteroatoms. The van der Waals surface area contributed by atoms with Crippen molar-refractivity contribution in [2.75, 3.05) is 13.2 Å². The molecule has 2 N–H and O–H groups in total. The molecule has 0 saturated heterocycles. The van der Waals surface area contributed by atoms with E-state index in [-0.39, 0.29) is 49.3 Å². The van der Waals surface area contributed by atoms with Crippen LogP contribution in [-0.2, 0) is 35.8 Å². The van der Waals surface area contributed by atoms with Gasteiger partial charge in [-0.1, -0.05) is 41.5 Å². The van der Waals surface area contributed by atoms with E-state index < -0.39 is 0 Å². The van der Waals surface area contributed by atoms with Crippen molar-refractivity contribution in [1.82, 2.24) is 0 Å². The number of aliphatic hydroxyl groups is 2. The predicted octanol–water partition coefficient (Wildman–Crippen LogP) is 0.946. The molecule has 0 aromatic heterocycles. The molecule has 0 amide bonds. The van der Waals surface area contributed by atoms with Gasteiger partial charge in [0.25, 0.3) is 0 Å². The van der Waals surface area contributed by atoms with Gasteiger partial charge >= 0.3 is 26.2 Å². The topological polar surface area (TPSA) is 121 Å². The van der Waals surface area contributed by atoms with Gasteiger partial charge < -0.3 is 20.4 Å². The maximum atomic E-state index is 9.98. The largest absolute Gasteiger partial charge is 2.00 e. The molecule has 25 heavy (non-hydrogen) atoms. The van der Waals surface area contributed by atoms with E-state index in [2.05, 4.69) is 0 Å². The van der Waals surface area contributed by atoms with Crippen LogP contribution in [0.3, 0.4) is 0 Å². The Hall–Kier alpha value is -0.777. The molecule has 0 aliphatic heterocycles. The SMILES string of the molecule is CC(=O)/C=C(/C)[O-].CC(=O)/C=C(/C)[O-].CC(C)CO.CC(C)CO.[Zr+2]. The molecule has 0 atom stereocenters. The second kappa shape index (κ2) is 25.5. The van der Waals surface area contributed by atoms with Crippen molar-refractivity contribution in [3.63, 3.8) is 0 Å². The quantitative estimate of drug-likeness (QED) is 0.499. The third-order valence-corrected chi connectivity index (χ3v) is 1.54. The van der Waals surface area contributed by atoms with Crippen molar-refractivity contribution >= 4 is 11.6 Å². The fourth-order valence-electron chi connectivity index (χ4n) is 0.572. The second-order valence-corrected chi connectivity index (χ2v) is 5.88. The van der Waals surface area contributed by atoms with Crippen molar-refractivity contribution in [2.45, 2.75) is 55.4 Å². The fourth-order valence-corrected chi connectivity index (χ4v) is 0.572. The number of allylic oxidation sites excluding steroid dienone is 4. The summed E-state index contributed by atoms with van der Waals surface area (Å²) in [6, 6.07) is 0. The predicted molar refractivity (Wildman–Crippen MR) is 92.7 cm³/mol. The van der Waals surface area contributed by atoms with Crippen molar-refractivity contribution < 1.29 is 56.2 Å². The molecule has 0 aliphatic rings. The molecule has 0 fully saturated rings. The summed E-state index contributed by atoms with van der Waals surface area (Å²) in [4.78, 5) is 20.0. The van der Waals surface area contributed by atoms with Gasteiger partial charge in [-0.15, -0.1) is 11.5 Å². The maximum Gasteiger partial charge on any atom is 2.00 e. The third kappa shape index (κ3) is 83.0. The van der Waals surface area contributed by atoms with Crippen molar-refractivity contribution in [3.8, 4) is 0 Å². The van der Waals surface area contributed by atoms with Crippen molar-refractivity contribution in [3.05, 3.63) is 23.7 Å². The Bertz CT molecular complexity index is 330. The number of rotatable bonds is 4. The molecule has 0 aliphatic carbocycles. The number of hydrogen-bond donors (Lipinski definition) is 2. The summed E-state index contributed by atoms with van der Waals surface area (Å²) in [5, 5.41) is 36.2. The van der Waals surface area contributed by atoms with Gasteiger partial charge in [0.1, 0.15) is 0 Å². The summed E-state index contributed by atoms with van der Waals surface area (Å²) in [6.07, 6.45) is 2.11. The van der Waals surface area contributed by atoms with Crippen LogP contribution in [0.15, 0.2) is 23.7 Å². The normalized spacial score (nSPS) is 10.2. The molecule has 0 spiro atoms. The Morgan fingerprint density at radius 2 is 0.920 bits per heavy atom. The second-order valence-electron chi connectivity index (χ2n) is 5.88. The number of carbonyl (C=O) groups excluding carboxylic acids is 2. The molecule has 0 unspecified atom stereocenters. The third-order valence-electron chi connectivity index (χ3n) is 1.54. The molecule has 0 aromatic carbocycles. The van der Waals surface area contributed by atoms with Crippen LogP contribution in [0, 0.1) is 11.8 Å². The summed E-state index contributed by atoms with van der Waals surface area (Å²) in [7, 11) is 0. The minimum Gasteiger partial charge on any atom is -0.876 e. The van der Waals surface area contributed by atoms with Crippen LogP contribution in [0.2, 0.25) is 0 Å². The molecule has 0 saturated carbocycles. The van der Waals surface area contributed by atoms with Gasteiger partial charge in [0.2, 0.25) is 0 Å². The Kier molecular flexibility index (Phi) is 36.0. The number of carbonyl (C=O) groups is 2. The van der Waals surface area contributed by atoms with E-state index in [1.807, 2.05) is 27.7 Å². The van der Waals surface area contributed by atoms with Crippen molar-refractivity contribution in [1.29, 1.82) is 0 Å². The van der Waals surface area contributed by atoms with Crippen LogP contribution >= 0.6 is 0 Å². The zero-order valence-corrected chi connectivity index (χ0v) is 19.2. The van der Waals surface area contributed by atoms with Gasteiger partial charge in [-0.05, 0) is 37.8 Å². The summed E-state index contributed by atoms with van der Waals surface area (Å²) in [6.45, 7) is 13.9. The zero-order chi connectivity index (χ0) is 20.3. The first kappa shape index (κ1) is 35.4. The van der Waals surface area contributed by atoms with E-state index in [0.717, 1.165) is 12.2 Å². The average molecular weight is 438 g/mol. The molecule has 0 aromatic rings. The van der Waals surface area contributed by atoms with Crippen LogP contribution in [-0.4, -0.2) is 35.0 Å². The zero-order valence-electron chi connectivity index (χ0n) is 16.8. The van der Waals surface area contributed by atoms with E-state index in [0.29, 0.717) is 25.0 Å².